The van der Waals surface area contributed by atoms with Gasteiger partial charge in [-0.2, -0.15) is 0 Å². The first-order valence-electron chi connectivity index (χ1n) is 8.72. The Morgan fingerprint density at radius 3 is 2.46 bits per heavy atom. The summed E-state index contributed by atoms with van der Waals surface area (Å²) >= 11 is 0. The Morgan fingerprint density at radius 1 is 1.12 bits per heavy atom. The first-order chi connectivity index (χ1) is 12.5. The van der Waals surface area contributed by atoms with Crippen LogP contribution in [0.25, 0.3) is 0 Å². The molecule has 0 aliphatic carbocycles. The molecule has 0 aromatic heterocycles. The van der Waals surface area contributed by atoms with Gasteiger partial charge in [-0.25, -0.2) is 0 Å². The Kier molecular flexibility index (Phi) is 7.11. The van der Waals surface area contributed by atoms with Crippen molar-refractivity contribution in [3.05, 3.63) is 59.7 Å². The topological polar surface area (TPSA) is 41.6 Å². The van der Waals surface area contributed by atoms with Crippen LogP contribution in [0, 0.1) is 11.8 Å². The number of rotatable bonds is 6. The second-order valence-corrected chi connectivity index (χ2v) is 6.50. The standard InChI is InChI=1S/C22H26N2O2/c1-17(2)18-11-13-20(14-12-18)26-16-22(25)23-15-7-9-19-8-5-6-10-21(19)24(3)4/h5-6,8,10-14,17H,15-16H2,1-4H3,(H,23,25). The lowest BCUT2D eigenvalue weighted by Gasteiger charge is -2.13. The number of nitrogens with zero attached hydrogens (tertiary/aromatic N) is 1. The molecule has 136 valence electrons. The number of carbonyl (C=O) groups is 1. The molecule has 2 aromatic rings. The van der Waals surface area contributed by atoms with E-state index in [1.807, 2.05) is 67.5 Å². The molecular weight excluding hydrogens is 324 g/mol. The largest absolute Gasteiger partial charge is 0.484 e. The molecule has 0 radical (unpaired) electrons. The number of nitrogens with one attached hydrogen (secondary N) is 1. The second kappa shape index (κ2) is 9.53. The fraction of sp³-hybridized carbons (Fsp3) is 0.318. The highest BCUT2D eigenvalue weighted by Crippen LogP contribution is 2.18. The summed E-state index contributed by atoms with van der Waals surface area (Å²) in [5.41, 5.74) is 3.24. The molecule has 4 heteroatoms. The second-order valence-electron chi connectivity index (χ2n) is 6.50. The average Bonchev–Trinajstić information content (AvgIpc) is 2.64. The highest BCUT2D eigenvalue weighted by molar-refractivity contribution is 5.77. The van der Waals surface area contributed by atoms with E-state index in [0.29, 0.717) is 11.7 Å². The highest BCUT2D eigenvalue weighted by atomic mass is 16.5. The Morgan fingerprint density at radius 2 is 1.81 bits per heavy atom. The van der Waals surface area contributed by atoms with Crippen LogP contribution < -0.4 is 15.0 Å². The smallest absolute Gasteiger partial charge is 0.258 e. The van der Waals surface area contributed by atoms with Crippen molar-refractivity contribution in [3.63, 3.8) is 0 Å². The first-order valence-corrected chi connectivity index (χ1v) is 8.72. The Labute approximate surface area is 156 Å². The van der Waals surface area contributed by atoms with Crippen molar-refractivity contribution in [1.29, 1.82) is 0 Å². The van der Waals surface area contributed by atoms with Crippen molar-refractivity contribution in [2.75, 3.05) is 32.1 Å². The predicted molar refractivity (Wildman–Crippen MR) is 107 cm³/mol. The van der Waals surface area contributed by atoms with Crippen molar-refractivity contribution in [2.45, 2.75) is 19.8 Å². The van der Waals surface area contributed by atoms with Crippen LogP contribution in [-0.4, -0.2) is 33.2 Å². The van der Waals surface area contributed by atoms with Gasteiger partial charge in [0.2, 0.25) is 0 Å². The van der Waals surface area contributed by atoms with Crippen molar-refractivity contribution >= 4 is 11.6 Å². The SMILES string of the molecule is CC(C)c1ccc(OCC(=O)NCC#Cc2ccccc2N(C)C)cc1. The Hall–Kier alpha value is -2.93. The molecule has 0 saturated carbocycles. The van der Waals surface area contributed by atoms with E-state index >= 15 is 0 Å². The van der Waals surface area contributed by atoms with Gasteiger partial charge >= 0.3 is 0 Å². The molecule has 26 heavy (non-hydrogen) atoms. The van der Waals surface area contributed by atoms with Crippen molar-refractivity contribution in [3.8, 4) is 17.6 Å². The third-order valence-electron chi connectivity index (χ3n) is 3.90. The normalized spacial score (nSPS) is 10.0. The number of hydrogen-bond acceptors (Lipinski definition) is 3. The molecule has 2 rings (SSSR count). The summed E-state index contributed by atoms with van der Waals surface area (Å²) in [5, 5.41) is 2.75. The molecule has 0 bridgehead atoms. The zero-order chi connectivity index (χ0) is 18.9. The molecule has 0 aliphatic heterocycles. The molecule has 0 aliphatic rings. The monoisotopic (exact) mass is 350 g/mol. The minimum Gasteiger partial charge on any atom is -0.484 e. The predicted octanol–water partition coefficient (Wildman–Crippen LogP) is 3.42. The van der Waals surface area contributed by atoms with Crippen LogP contribution in [-0.2, 0) is 4.79 Å². The molecule has 4 nitrogen and oxygen atoms in total. The van der Waals surface area contributed by atoms with Gasteiger partial charge in [0.15, 0.2) is 6.61 Å². The first kappa shape index (κ1) is 19.4. The van der Waals surface area contributed by atoms with E-state index in [9.17, 15) is 4.79 Å². The lowest BCUT2D eigenvalue weighted by molar-refractivity contribution is -0.122. The fourth-order valence-electron chi connectivity index (χ4n) is 2.40. The number of para-hydroxylation sites is 1. The van der Waals surface area contributed by atoms with Gasteiger partial charge in [0.25, 0.3) is 5.91 Å². The van der Waals surface area contributed by atoms with Gasteiger partial charge in [-0.1, -0.05) is 50.0 Å². The Bertz CT molecular complexity index is 784. The van der Waals surface area contributed by atoms with Crippen molar-refractivity contribution in [2.24, 2.45) is 0 Å². The number of amides is 1. The van der Waals surface area contributed by atoms with Crippen LogP contribution >= 0.6 is 0 Å². The quantitative estimate of drug-likeness (QED) is 0.812. The summed E-state index contributed by atoms with van der Waals surface area (Å²) in [5.74, 6) is 7.05. The fourth-order valence-corrected chi connectivity index (χ4v) is 2.40. The van der Waals surface area contributed by atoms with Gasteiger partial charge in [0.1, 0.15) is 5.75 Å². The molecule has 0 spiro atoms. The summed E-state index contributed by atoms with van der Waals surface area (Å²) in [6.45, 7) is 4.55. The molecular formula is C22H26N2O2. The molecule has 0 saturated heterocycles. The minimum absolute atomic E-state index is 0.0169. The van der Waals surface area contributed by atoms with Crippen LogP contribution in [0.4, 0.5) is 5.69 Å². The summed E-state index contributed by atoms with van der Waals surface area (Å²) in [6.07, 6.45) is 0. The van der Waals surface area contributed by atoms with Crippen LogP contribution in [0.2, 0.25) is 0 Å². The molecule has 0 atom stereocenters. The van der Waals surface area contributed by atoms with Crippen LogP contribution in [0.5, 0.6) is 5.75 Å². The van der Waals surface area contributed by atoms with Gasteiger partial charge < -0.3 is 15.0 Å². The minimum atomic E-state index is -0.187. The maximum absolute atomic E-state index is 11.9. The van der Waals surface area contributed by atoms with E-state index in [-0.39, 0.29) is 19.1 Å². The molecule has 1 amide bonds. The van der Waals surface area contributed by atoms with Crippen LogP contribution in [0.15, 0.2) is 48.5 Å². The number of carbonyl (C=O) groups excluding carboxylic acids is 1. The highest BCUT2D eigenvalue weighted by Gasteiger charge is 2.03. The van der Waals surface area contributed by atoms with Gasteiger partial charge in [0.05, 0.1) is 12.2 Å². The maximum atomic E-state index is 11.9. The van der Waals surface area contributed by atoms with Crippen molar-refractivity contribution < 1.29 is 9.53 Å². The number of ether oxygens (including phenoxy) is 1. The summed E-state index contributed by atoms with van der Waals surface area (Å²) < 4.78 is 5.50. The molecule has 0 heterocycles. The Balaban J connectivity index is 1.79. The van der Waals surface area contributed by atoms with E-state index < -0.39 is 0 Å². The maximum Gasteiger partial charge on any atom is 0.258 e. The lowest BCUT2D eigenvalue weighted by atomic mass is 10.0. The van der Waals surface area contributed by atoms with E-state index in [1.165, 1.54) is 5.56 Å². The van der Waals surface area contributed by atoms with Crippen molar-refractivity contribution in [1.82, 2.24) is 5.32 Å². The van der Waals surface area contributed by atoms with Crippen LogP contribution in [0.1, 0.15) is 30.9 Å². The van der Waals surface area contributed by atoms with Crippen LogP contribution in [0.3, 0.4) is 0 Å². The molecule has 0 unspecified atom stereocenters. The molecule has 0 fully saturated rings. The zero-order valence-electron chi connectivity index (χ0n) is 15.9. The van der Waals surface area contributed by atoms with E-state index in [4.69, 9.17) is 4.74 Å². The molecule has 2 aromatic carbocycles. The third kappa shape index (κ3) is 5.86. The lowest BCUT2D eigenvalue weighted by Crippen LogP contribution is -2.29. The van der Waals surface area contributed by atoms with Gasteiger partial charge in [-0.15, -0.1) is 0 Å². The van der Waals surface area contributed by atoms with Gasteiger partial charge in [0, 0.05) is 19.7 Å². The van der Waals surface area contributed by atoms with Gasteiger partial charge in [-0.05, 0) is 35.7 Å². The number of benzene rings is 2. The molecule has 1 N–H and O–H groups in total. The summed E-state index contributed by atoms with van der Waals surface area (Å²) in [4.78, 5) is 13.9. The van der Waals surface area contributed by atoms with Gasteiger partial charge in [-0.3, -0.25) is 4.79 Å². The summed E-state index contributed by atoms with van der Waals surface area (Å²) in [7, 11) is 3.96. The zero-order valence-corrected chi connectivity index (χ0v) is 15.9. The third-order valence-corrected chi connectivity index (χ3v) is 3.90. The number of anilines is 1. The van der Waals surface area contributed by atoms with E-state index in [2.05, 4.69) is 31.0 Å². The average molecular weight is 350 g/mol. The summed E-state index contributed by atoms with van der Waals surface area (Å²) in [6, 6.07) is 15.7. The number of hydrogen-bond donors (Lipinski definition) is 1. The van der Waals surface area contributed by atoms with E-state index in [1.54, 1.807) is 0 Å². The van der Waals surface area contributed by atoms with E-state index in [0.717, 1.165) is 11.3 Å².